The molecule has 1 amide bonds. The Morgan fingerprint density at radius 2 is 1.76 bits per heavy atom. The number of piperidine rings is 1. The van der Waals surface area contributed by atoms with Gasteiger partial charge in [-0.05, 0) is 69.1 Å². The molecule has 0 bridgehead atoms. The average molecular weight is 502 g/mol. The molecule has 3 heterocycles. The smallest absolute Gasteiger partial charge is 0.252 e. The van der Waals surface area contributed by atoms with Crippen molar-refractivity contribution in [2.24, 2.45) is 0 Å². The minimum atomic E-state index is -0.0107. The second-order valence-corrected chi connectivity index (χ2v) is 10.2. The lowest BCUT2D eigenvalue weighted by Gasteiger charge is -2.37. The van der Waals surface area contributed by atoms with Crippen LogP contribution in [0.25, 0.3) is 10.9 Å². The maximum Gasteiger partial charge on any atom is 0.252 e. The Kier molecular flexibility index (Phi) is 8.09. The number of anilines is 2. The van der Waals surface area contributed by atoms with E-state index in [1.54, 1.807) is 7.11 Å². The van der Waals surface area contributed by atoms with Crippen LogP contribution in [0.5, 0.6) is 5.75 Å². The van der Waals surface area contributed by atoms with Gasteiger partial charge in [0.05, 0.1) is 18.2 Å². The summed E-state index contributed by atoms with van der Waals surface area (Å²) in [5, 5.41) is 4.09. The van der Waals surface area contributed by atoms with Crippen molar-refractivity contribution in [3.05, 3.63) is 60.2 Å². The van der Waals surface area contributed by atoms with E-state index < -0.39 is 0 Å². The summed E-state index contributed by atoms with van der Waals surface area (Å²) in [6.07, 6.45) is 4.88. The van der Waals surface area contributed by atoms with Gasteiger partial charge in [0, 0.05) is 56.4 Å². The molecule has 37 heavy (non-hydrogen) atoms. The lowest BCUT2D eigenvalue weighted by atomic mass is 10.0. The van der Waals surface area contributed by atoms with Crippen molar-refractivity contribution in [3.63, 3.8) is 0 Å². The van der Waals surface area contributed by atoms with E-state index in [0.717, 1.165) is 61.6 Å². The van der Waals surface area contributed by atoms with E-state index in [0.29, 0.717) is 18.2 Å². The first-order chi connectivity index (χ1) is 18.1. The van der Waals surface area contributed by atoms with E-state index in [2.05, 4.69) is 39.1 Å². The van der Waals surface area contributed by atoms with Gasteiger partial charge in [0.15, 0.2) is 0 Å². The molecule has 2 aliphatic heterocycles. The highest BCUT2D eigenvalue weighted by molar-refractivity contribution is 6.07. The number of para-hydroxylation sites is 1. The molecule has 0 radical (unpaired) electrons. The van der Waals surface area contributed by atoms with Crippen LogP contribution in [0.1, 0.15) is 43.0 Å². The van der Waals surface area contributed by atoms with Crippen LogP contribution in [-0.4, -0.2) is 74.8 Å². The number of piperazine rings is 1. The van der Waals surface area contributed by atoms with E-state index in [4.69, 9.17) is 9.72 Å². The molecule has 5 rings (SSSR count). The monoisotopic (exact) mass is 501 g/mol. The van der Waals surface area contributed by atoms with E-state index in [1.165, 1.54) is 31.5 Å². The molecule has 0 aliphatic carbocycles. The maximum atomic E-state index is 13.3. The quantitative estimate of drug-likeness (QED) is 0.457. The van der Waals surface area contributed by atoms with Gasteiger partial charge < -0.3 is 24.8 Å². The Bertz CT molecular complexity index is 1190. The number of benzene rings is 2. The van der Waals surface area contributed by atoms with E-state index >= 15 is 0 Å². The molecule has 1 aromatic heterocycles. The Morgan fingerprint density at radius 3 is 2.51 bits per heavy atom. The molecule has 0 unspecified atom stereocenters. The first-order valence-corrected chi connectivity index (χ1v) is 13.7. The van der Waals surface area contributed by atoms with Gasteiger partial charge in [-0.1, -0.05) is 24.6 Å². The lowest BCUT2D eigenvalue weighted by Crippen LogP contribution is -2.47. The fourth-order valence-electron chi connectivity index (χ4n) is 5.57. The van der Waals surface area contributed by atoms with E-state index in [-0.39, 0.29) is 5.91 Å². The number of fused-ring (bicyclic) bond motifs is 1. The number of hydrogen-bond donors (Lipinski definition) is 1. The second-order valence-electron chi connectivity index (χ2n) is 10.2. The van der Waals surface area contributed by atoms with Crippen LogP contribution in [-0.2, 0) is 0 Å². The van der Waals surface area contributed by atoms with Crippen molar-refractivity contribution < 1.29 is 9.53 Å². The fraction of sp³-hybridized carbons (Fsp3) is 0.467. The summed E-state index contributed by atoms with van der Waals surface area (Å²) >= 11 is 0. The molecule has 2 saturated heterocycles. The van der Waals surface area contributed by atoms with Gasteiger partial charge >= 0.3 is 0 Å². The van der Waals surface area contributed by atoms with E-state index in [1.807, 2.05) is 42.5 Å². The van der Waals surface area contributed by atoms with Gasteiger partial charge in [-0.15, -0.1) is 0 Å². The zero-order valence-corrected chi connectivity index (χ0v) is 22.2. The summed E-state index contributed by atoms with van der Waals surface area (Å²) in [5.74, 6) is 1.73. The zero-order chi connectivity index (χ0) is 25.6. The summed E-state index contributed by atoms with van der Waals surface area (Å²) < 4.78 is 5.29. The Balaban J connectivity index is 1.23. The first-order valence-electron chi connectivity index (χ1n) is 13.7. The highest BCUT2D eigenvalue weighted by atomic mass is 16.5. The maximum absolute atomic E-state index is 13.3. The summed E-state index contributed by atoms with van der Waals surface area (Å²) in [4.78, 5) is 25.5. The molecule has 1 atom stereocenters. The van der Waals surface area contributed by atoms with Crippen LogP contribution in [0.15, 0.2) is 54.6 Å². The van der Waals surface area contributed by atoms with Crippen LogP contribution in [0.3, 0.4) is 0 Å². The molecule has 0 saturated carbocycles. The highest BCUT2D eigenvalue weighted by Gasteiger charge is 2.22. The van der Waals surface area contributed by atoms with Crippen LogP contribution in [0.4, 0.5) is 11.5 Å². The van der Waals surface area contributed by atoms with Crippen LogP contribution >= 0.6 is 0 Å². The van der Waals surface area contributed by atoms with Crippen LogP contribution in [0, 0.1) is 0 Å². The minimum Gasteiger partial charge on any atom is -0.497 e. The second kappa shape index (κ2) is 11.8. The van der Waals surface area contributed by atoms with Crippen LogP contribution in [0.2, 0.25) is 0 Å². The Labute approximate surface area is 220 Å². The standard InChI is InChI=1S/C30H39N5O2/c1-23-8-5-6-16-33(23)17-7-15-31-30(36)27-22-29(32-28-10-4-3-9-26(27)28)35-20-18-34(19-21-35)24-11-13-25(37-2)14-12-24/h3-4,9-14,22-23H,5-8,15-21H2,1-2H3,(H,31,36)/t23-/m1/s1. The van der Waals surface area contributed by atoms with Crippen molar-refractivity contribution in [1.29, 1.82) is 0 Å². The minimum absolute atomic E-state index is 0.0107. The Morgan fingerprint density at radius 1 is 1.00 bits per heavy atom. The van der Waals surface area contributed by atoms with E-state index in [9.17, 15) is 4.79 Å². The number of likely N-dealkylation sites (tertiary alicyclic amines) is 1. The Hall–Kier alpha value is -3.32. The largest absolute Gasteiger partial charge is 0.497 e. The summed E-state index contributed by atoms with van der Waals surface area (Å²) in [5.41, 5.74) is 2.78. The number of amides is 1. The number of hydrogen-bond acceptors (Lipinski definition) is 6. The summed E-state index contributed by atoms with van der Waals surface area (Å²) in [6.45, 7) is 8.74. The lowest BCUT2D eigenvalue weighted by molar-refractivity contribution is 0.0950. The normalized spacial score (nSPS) is 18.7. The molecule has 7 nitrogen and oxygen atoms in total. The van der Waals surface area contributed by atoms with Gasteiger partial charge in [-0.2, -0.15) is 0 Å². The van der Waals surface area contributed by atoms with Crippen molar-refractivity contribution in [2.45, 2.75) is 38.6 Å². The molecule has 1 N–H and O–H groups in total. The molecular formula is C30H39N5O2. The number of nitrogens with zero attached hydrogens (tertiary/aromatic N) is 4. The number of methoxy groups -OCH3 is 1. The van der Waals surface area contributed by atoms with Gasteiger partial charge in [0.2, 0.25) is 0 Å². The molecular weight excluding hydrogens is 462 g/mol. The molecule has 2 fully saturated rings. The number of rotatable bonds is 8. The topological polar surface area (TPSA) is 60.9 Å². The molecule has 0 spiro atoms. The molecule has 7 heteroatoms. The predicted octanol–water partition coefficient (Wildman–Crippen LogP) is 4.56. The molecule has 3 aromatic rings. The highest BCUT2D eigenvalue weighted by Crippen LogP contribution is 2.26. The molecule has 2 aromatic carbocycles. The van der Waals surface area contributed by atoms with Crippen molar-refractivity contribution in [3.8, 4) is 5.75 Å². The third-order valence-electron chi connectivity index (χ3n) is 7.84. The first kappa shape index (κ1) is 25.3. The summed E-state index contributed by atoms with van der Waals surface area (Å²) in [7, 11) is 1.69. The van der Waals surface area contributed by atoms with Gasteiger partial charge in [0.1, 0.15) is 11.6 Å². The molecule has 2 aliphatic rings. The predicted molar refractivity (Wildman–Crippen MR) is 151 cm³/mol. The van der Waals surface area contributed by atoms with Crippen LogP contribution < -0.4 is 19.9 Å². The average Bonchev–Trinajstić information content (AvgIpc) is 2.95. The number of carbonyl (C=O) groups is 1. The van der Waals surface area contributed by atoms with Crippen molar-refractivity contribution in [1.82, 2.24) is 15.2 Å². The van der Waals surface area contributed by atoms with Crippen molar-refractivity contribution >= 4 is 28.3 Å². The number of ether oxygens (including phenoxy) is 1. The van der Waals surface area contributed by atoms with Gasteiger partial charge in [-0.25, -0.2) is 4.98 Å². The summed E-state index contributed by atoms with van der Waals surface area (Å²) in [6, 6.07) is 18.8. The number of pyridine rings is 1. The third kappa shape index (κ3) is 5.99. The molecule has 196 valence electrons. The van der Waals surface area contributed by atoms with Gasteiger partial charge in [-0.3, -0.25) is 4.79 Å². The van der Waals surface area contributed by atoms with Gasteiger partial charge in [0.25, 0.3) is 5.91 Å². The zero-order valence-electron chi connectivity index (χ0n) is 22.2. The third-order valence-corrected chi connectivity index (χ3v) is 7.84. The fourth-order valence-corrected chi connectivity index (χ4v) is 5.57. The number of aromatic nitrogens is 1. The number of nitrogens with one attached hydrogen (secondary N) is 1. The number of carbonyl (C=O) groups excluding carboxylic acids is 1. The SMILES string of the molecule is COc1ccc(N2CCN(c3cc(C(=O)NCCCN4CCCC[C@H]4C)c4ccccc4n3)CC2)cc1. The van der Waals surface area contributed by atoms with Crippen molar-refractivity contribution in [2.75, 3.05) is 62.7 Å².